The topological polar surface area (TPSA) is 113 Å². The molecule has 0 bridgehead atoms. The number of hydrogen-bond acceptors (Lipinski definition) is 11. The van der Waals surface area contributed by atoms with E-state index in [9.17, 15) is 13.0 Å². The highest BCUT2D eigenvalue weighted by Gasteiger charge is 2.42. The minimum Gasteiger partial charge on any atom is -0.748 e. The summed E-state index contributed by atoms with van der Waals surface area (Å²) in [5, 5.41) is 2.80. The highest BCUT2D eigenvalue weighted by Crippen LogP contribution is 2.43. The first-order valence-corrected chi connectivity index (χ1v) is 15.1. The number of nitrogens with zero attached hydrogens (tertiary/aromatic N) is 1. The summed E-state index contributed by atoms with van der Waals surface area (Å²) in [7, 11) is -4.22. The fourth-order valence-electron chi connectivity index (χ4n) is 5.01. The second-order valence-corrected chi connectivity index (χ2v) is 12.7. The molecule has 4 unspecified atom stereocenters. The quantitative estimate of drug-likeness (QED) is 0.120. The molecule has 2 aliphatic rings. The van der Waals surface area contributed by atoms with Gasteiger partial charge < -0.3 is 9.87 Å². The van der Waals surface area contributed by atoms with Crippen molar-refractivity contribution in [3.05, 3.63) is 18.2 Å². The predicted octanol–water partition coefficient (Wildman–Crippen LogP) is 3.95. The van der Waals surface area contributed by atoms with E-state index < -0.39 is 15.4 Å². The molecular formula is C20H28N3O5S4-. The summed E-state index contributed by atoms with van der Waals surface area (Å²) in [5.74, 6) is 0.245. The highest BCUT2D eigenvalue weighted by molar-refractivity contribution is 8.00. The molecule has 2 fully saturated rings. The first-order valence-electron chi connectivity index (χ1n) is 10.8. The monoisotopic (exact) mass is 518 g/mol. The summed E-state index contributed by atoms with van der Waals surface area (Å²) in [6.07, 6.45) is 7.13. The van der Waals surface area contributed by atoms with Crippen molar-refractivity contribution < 1.29 is 22.3 Å². The molecule has 2 aliphatic carbocycles. The third-order valence-corrected chi connectivity index (χ3v) is 10.3. The number of nitrogens with one attached hydrogen (secondary N) is 2. The Morgan fingerprint density at radius 1 is 1.19 bits per heavy atom. The minimum absolute atomic E-state index is 0.0107. The zero-order valence-electron chi connectivity index (χ0n) is 17.8. The van der Waals surface area contributed by atoms with Crippen LogP contribution in [0.15, 0.2) is 27.4 Å². The normalized spacial score (nSPS) is 26.3. The van der Waals surface area contributed by atoms with Crippen LogP contribution in [0.5, 0.6) is 0 Å². The van der Waals surface area contributed by atoms with Gasteiger partial charge in [-0.2, -0.15) is 5.48 Å². The summed E-state index contributed by atoms with van der Waals surface area (Å²) in [6, 6.07) is 6.21. The van der Waals surface area contributed by atoms with Gasteiger partial charge in [-0.25, -0.2) is 13.4 Å². The number of hydroxylamine groups is 1. The number of thiazole rings is 1. The lowest BCUT2D eigenvalue weighted by Crippen LogP contribution is -2.50. The smallest absolute Gasteiger partial charge is 0.150 e. The molecule has 1 heterocycles. The van der Waals surface area contributed by atoms with Crippen LogP contribution in [0.1, 0.15) is 38.5 Å². The van der Waals surface area contributed by atoms with Crippen LogP contribution in [0, 0.1) is 11.8 Å². The van der Waals surface area contributed by atoms with E-state index in [0.717, 1.165) is 63.6 Å². The van der Waals surface area contributed by atoms with Crippen LogP contribution < -0.4 is 10.8 Å². The van der Waals surface area contributed by atoms with Gasteiger partial charge in [0.2, 0.25) is 0 Å². The molecule has 0 saturated heterocycles. The van der Waals surface area contributed by atoms with E-state index in [0.29, 0.717) is 19.5 Å². The fourth-order valence-corrected chi connectivity index (χ4v) is 8.15. The van der Waals surface area contributed by atoms with Crippen LogP contribution >= 0.6 is 35.1 Å². The third kappa shape index (κ3) is 6.16. The number of hydrogen-bond donors (Lipinski definition) is 2. The molecule has 0 amide bonds. The van der Waals surface area contributed by atoms with Gasteiger partial charge >= 0.3 is 0 Å². The summed E-state index contributed by atoms with van der Waals surface area (Å²) in [4.78, 5) is 10.5. The molecule has 32 heavy (non-hydrogen) atoms. The summed E-state index contributed by atoms with van der Waals surface area (Å²) in [5.41, 5.74) is 3.73. The van der Waals surface area contributed by atoms with Gasteiger partial charge in [-0.3, -0.25) is 0 Å². The minimum atomic E-state index is -4.22. The van der Waals surface area contributed by atoms with E-state index in [-0.39, 0.29) is 17.9 Å². The Kier molecular flexibility index (Phi) is 8.73. The number of rotatable bonds is 10. The molecule has 12 heteroatoms. The maximum atomic E-state index is 11.7. The predicted molar refractivity (Wildman–Crippen MR) is 127 cm³/mol. The average molecular weight is 519 g/mol. The molecule has 0 radical (unpaired) electrons. The SMILES string of the molecule is CSc1nc2cc(SOONCCNC3CCCC4C3CCCC4S(=O)(=O)[O-])ccc2s1. The number of benzene rings is 1. The van der Waals surface area contributed by atoms with Crippen molar-refractivity contribution in [2.24, 2.45) is 11.8 Å². The number of fused-ring (bicyclic) bond motifs is 2. The first-order chi connectivity index (χ1) is 15.5. The Balaban J connectivity index is 1.16. The van der Waals surface area contributed by atoms with Gasteiger partial charge in [0.1, 0.15) is 0 Å². The Labute approximate surface area is 201 Å². The van der Waals surface area contributed by atoms with Gasteiger partial charge in [-0.1, -0.05) is 24.6 Å². The van der Waals surface area contributed by atoms with Gasteiger partial charge in [0.15, 0.2) is 4.34 Å². The number of aromatic nitrogens is 1. The van der Waals surface area contributed by atoms with Crippen molar-refractivity contribution in [2.75, 3.05) is 19.3 Å². The molecule has 0 aliphatic heterocycles. The molecule has 8 nitrogen and oxygen atoms in total. The van der Waals surface area contributed by atoms with Crippen LogP contribution in [0.3, 0.4) is 0 Å². The van der Waals surface area contributed by atoms with Gasteiger partial charge in [-0.05, 0) is 62.0 Å². The molecular weight excluding hydrogens is 491 g/mol. The molecule has 2 N–H and O–H groups in total. The number of thioether (sulfide) groups is 1. The Morgan fingerprint density at radius 3 is 2.81 bits per heavy atom. The molecule has 2 aromatic rings. The standard InChI is InChI=1S/C20H29N3O5S4/c1-29-20-23-17-12-13(8-9-18(17)30-20)31-28-27-22-11-10-21-16-6-2-5-15-14(16)4-3-7-19(15)32(24,25)26/h8-9,12,14-16,19,21-22H,2-7,10-11H2,1H3,(H,24,25,26)/p-1. The van der Waals surface area contributed by atoms with Crippen LogP contribution in [0.25, 0.3) is 10.2 Å². The average Bonchev–Trinajstić information content (AvgIpc) is 3.20. The maximum Gasteiger partial charge on any atom is 0.150 e. The summed E-state index contributed by atoms with van der Waals surface area (Å²) in [6.45, 7) is 1.21. The van der Waals surface area contributed by atoms with Gasteiger partial charge in [0, 0.05) is 24.0 Å². The van der Waals surface area contributed by atoms with Crippen LogP contribution in [-0.2, 0) is 19.4 Å². The Bertz CT molecular complexity index is 1000. The van der Waals surface area contributed by atoms with E-state index in [2.05, 4.69) is 15.8 Å². The molecule has 4 atom stereocenters. The summed E-state index contributed by atoms with van der Waals surface area (Å²) >= 11 is 4.43. The van der Waals surface area contributed by atoms with E-state index >= 15 is 0 Å². The van der Waals surface area contributed by atoms with Crippen LogP contribution in [0.2, 0.25) is 0 Å². The molecule has 178 valence electrons. The van der Waals surface area contributed by atoms with Crippen LogP contribution in [-0.4, -0.2) is 48.6 Å². The van der Waals surface area contributed by atoms with Crippen molar-refractivity contribution >= 4 is 55.5 Å². The van der Waals surface area contributed by atoms with Crippen LogP contribution in [0.4, 0.5) is 0 Å². The molecule has 4 rings (SSSR count). The van der Waals surface area contributed by atoms with Crippen molar-refractivity contribution in [3.63, 3.8) is 0 Å². The lowest BCUT2D eigenvalue weighted by Gasteiger charge is -2.46. The van der Waals surface area contributed by atoms with Gasteiger partial charge in [-0.15, -0.1) is 20.7 Å². The molecule has 0 spiro atoms. The lowest BCUT2D eigenvalue weighted by atomic mass is 9.68. The van der Waals surface area contributed by atoms with Crippen molar-refractivity contribution in [2.45, 2.75) is 59.1 Å². The molecule has 1 aromatic carbocycles. The van der Waals surface area contributed by atoms with E-state index in [1.807, 2.05) is 24.5 Å². The zero-order chi connectivity index (χ0) is 22.6. The van der Waals surface area contributed by atoms with Gasteiger partial charge in [0.25, 0.3) is 0 Å². The molecule has 1 aromatic heterocycles. The largest absolute Gasteiger partial charge is 0.748 e. The third-order valence-electron chi connectivity index (χ3n) is 6.36. The van der Waals surface area contributed by atoms with Crippen molar-refractivity contribution in [1.82, 2.24) is 15.8 Å². The summed E-state index contributed by atoms with van der Waals surface area (Å²) < 4.78 is 42.4. The molecule has 2 saturated carbocycles. The lowest BCUT2D eigenvalue weighted by molar-refractivity contribution is -0.244. The van der Waals surface area contributed by atoms with Gasteiger partial charge in [0.05, 0.1) is 37.6 Å². The Morgan fingerprint density at radius 2 is 2.00 bits per heavy atom. The van der Waals surface area contributed by atoms with Crippen molar-refractivity contribution in [1.29, 1.82) is 0 Å². The zero-order valence-corrected chi connectivity index (χ0v) is 21.1. The van der Waals surface area contributed by atoms with Crippen molar-refractivity contribution in [3.8, 4) is 0 Å². The van der Waals surface area contributed by atoms with E-state index in [4.69, 9.17) is 9.32 Å². The van der Waals surface area contributed by atoms with E-state index in [1.165, 1.54) is 0 Å². The Hall–Kier alpha value is -0.440. The second-order valence-electron chi connectivity index (χ2n) is 8.22. The fraction of sp³-hybridized carbons (Fsp3) is 0.650. The van der Waals surface area contributed by atoms with E-state index in [1.54, 1.807) is 23.1 Å². The highest BCUT2D eigenvalue weighted by atomic mass is 32.2. The maximum absolute atomic E-state index is 11.7. The first kappa shape index (κ1) is 24.7. The second kappa shape index (κ2) is 11.3.